The van der Waals surface area contributed by atoms with E-state index in [9.17, 15) is 5.11 Å². The number of ether oxygens (including phenoxy) is 1. The molecule has 2 aliphatic carbocycles. The molecule has 110 valence electrons. The van der Waals surface area contributed by atoms with E-state index in [0.717, 1.165) is 18.9 Å². The van der Waals surface area contributed by atoms with Crippen molar-refractivity contribution in [3.8, 4) is 0 Å². The van der Waals surface area contributed by atoms with Gasteiger partial charge >= 0.3 is 0 Å². The van der Waals surface area contributed by atoms with Crippen molar-refractivity contribution in [2.45, 2.75) is 82.8 Å². The largest absolute Gasteiger partial charge is 0.393 e. The van der Waals surface area contributed by atoms with Crippen LogP contribution in [0.5, 0.6) is 0 Å². The van der Waals surface area contributed by atoms with E-state index in [0.29, 0.717) is 11.8 Å². The second kappa shape index (κ2) is 5.73. The van der Waals surface area contributed by atoms with Crippen LogP contribution in [0.1, 0.15) is 71.1 Å². The summed E-state index contributed by atoms with van der Waals surface area (Å²) < 4.78 is 6.21. The molecule has 4 unspecified atom stereocenters. The van der Waals surface area contributed by atoms with Crippen LogP contribution in [-0.2, 0) is 4.74 Å². The van der Waals surface area contributed by atoms with Gasteiger partial charge in [0.15, 0.2) is 0 Å². The normalized spacial score (nSPS) is 43.3. The van der Waals surface area contributed by atoms with Crippen LogP contribution in [0.15, 0.2) is 0 Å². The quantitative estimate of drug-likeness (QED) is 0.779. The van der Waals surface area contributed by atoms with Gasteiger partial charge in [0, 0.05) is 6.61 Å². The lowest BCUT2D eigenvalue weighted by molar-refractivity contribution is -0.137. The minimum Gasteiger partial charge on any atom is -0.393 e. The summed E-state index contributed by atoms with van der Waals surface area (Å²) in [5.41, 5.74) is 0.196. The molecule has 1 saturated heterocycles. The van der Waals surface area contributed by atoms with Gasteiger partial charge in [0.1, 0.15) is 0 Å². The van der Waals surface area contributed by atoms with E-state index in [4.69, 9.17) is 4.74 Å². The fourth-order valence-corrected chi connectivity index (χ4v) is 4.89. The molecule has 0 aromatic heterocycles. The van der Waals surface area contributed by atoms with E-state index in [-0.39, 0.29) is 11.7 Å². The molecule has 1 spiro atoms. The van der Waals surface area contributed by atoms with E-state index >= 15 is 0 Å². The van der Waals surface area contributed by atoms with Crippen LogP contribution >= 0.6 is 0 Å². The topological polar surface area (TPSA) is 29.5 Å². The Bertz CT molecular complexity index is 290. The first-order valence-electron chi connectivity index (χ1n) is 8.51. The van der Waals surface area contributed by atoms with Gasteiger partial charge in [0.05, 0.1) is 11.7 Å². The van der Waals surface area contributed by atoms with Crippen LogP contribution in [0, 0.1) is 17.8 Å². The average molecular weight is 266 g/mol. The van der Waals surface area contributed by atoms with Crippen LogP contribution in [0.4, 0.5) is 0 Å². The third-order valence-electron chi connectivity index (χ3n) is 6.03. The third-order valence-corrected chi connectivity index (χ3v) is 6.03. The van der Waals surface area contributed by atoms with Crippen molar-refractivity contribution in [3.05, 3.63) is 0 Å². The number of hydrogen-bond donors (Lipinski definition) is 1. The maximum absolute atomic E-state index is 10.4. The molecule has 3 fully saturated rings. The third kappa shape index (κ3) is 3.00. The first-order valence-corrected chi connectivity index (χ1v) is 8.51. The first kappa shape index (κ1) is 13.9. The Labute approximate surface area is 117 Å². The van der Waals surface area contributed by atoms with Crippen LogP contribution in [0.25, 0.3) is 0 Å². The Hall–Kier alpha value is -0.0800. The average Bonchev–Trinajstić information content (AvgIpc) is 2.42. The van der Waals surface area contributed by atoms with Crippen molar-refractivity contribution < 1.29 is 9.84 Å². The molecule has 0 aromatic rings. The molecule has 3 rings (SSSR count). The Morgan fingerprint density at radius 3 is 2.63 bits per heavy atom. The summed E-state index contributed by atoms with van der Waals surface area (Å²) >= 11 is 0. The number of aliphatic hydroxyl groups excluding tert-OH is 1. The minimum atomic E-state index is -0.0417. The highest BCUT2D eigenvalue weighted by atomic mass is 16.5. The van der Waals surface area contributed by atoms with Crippen molar-refractivity contribution in [3.63, 3.8) is 0 Å². The molecule has 2 heteroatoms. The van der Waals surface area contributed by atoms with Crippen molar-refractivity contribution in [2.75, 3.05) is 6.61 Å². The van der Waals surface area contributed by atoms with Gasteiger partial charge < -0.3 is 9.84 Å². The highest BCUT2D eigenvalue weighted by Gasteiger charge is 2.43. The van der Waals surface area contributed by atoms with Gasteiger partial charge in [-0.3, -0.25) is 0 Å². The Morgan fingerprint density at radius 2 is 1.84 bits per heavy atom. The van der Waals surface area contributed by atoms with Gasteiger partial charge in [-0.1, -0.05) is 26.2 Å². The second-order valence-electron chi connectivity index (χ2n) is 7.49. The first-order chi connectivity index (χ1) is 9.19. The zero-order chi connectivity index (χ0) is 13.3. The molecule has 1 heterocycles. The predicted molar refractivity (Wildman–Crippen MR) is 77.0 cm³/mol. The lowest BCUT2D eigenvalue weighted by Gasteiger charge is -2.47. The zero-order valence-corrected chi connectivity index (χ0v) is 12.4. The van der Waals surface area contributed by atoms with Crippen molar-refractivity contribution in [1.82, 2.24) is 0 Å². The lowest BCUT2D eigenvalue weighted by Crippen LogP contribution is -2.46. The van der Waals surface area contributed by atoms with Gasteiger partial charge in [-0.05, 0) is 62.7 Å². The summed E-state index contributed by atoms with van der Waals surface area (Å²) in [5, 5.41) is 10.4. The summed E-state index contributed by atoms with van der Waals surface area (Å²) in [7, 11) is 0. The SMILES string of the molecule is CC1CCC(O)C(C2CCOC3(CCCCC3)C2)C1. The molecule has 1 N–H and O–H groups in total. The van der Waals surface area contributed by atoms with E-state index in [1.165, 1.54) is 57.8 Å². The number of hydrogen-bond acceptors (Lipinski definition) is 2. The zero-order valence-electron chi connectivity index (χ0n) is 12.4. The molecule has 19 heavy (non-hydrogen) atoms. The summed E-state index contributed by atoms with van der Waals surface area (Å²) in [6.45, 7) is 3.29. The monoisotopic (exact) mass is 266 g/mol. The second-order valence-corrected chi connectivity index (χ2v) is 7.49. The molecule has 1 aliphatic heterocycles. The maximum Gasteiger partial charge on any atom is 0.0685 e. The van der Waals surface area contributed by atoms with Crippen molar-refractivity contribution >= 4 is 0 Å². The summed E-state index contributed by atoms with van der Waals surface area (Å²) in [5.74, 6) is 2.06. The summed E-state index contributed by atoms with van der Waals surface area (Å²) in [4.78, 5) is 0. The Balaban J connectivity index is 1.66. The number of rotatable bonds is 1. The fraction of sp³-hybridized carbons (Fsp3) is 1.00. The fourth-order valence-electron chi connectivity index (χ4n) is 4.89. The Kier molecular flexibility index (Phi) is 4.19. The van der Waals surface area contributed by atoms with Crippen LogP contribution in [0.3, 0.4) is 0 Å². The lowest BCUT2D eigenvalue weighted by atomic mass is 9.66. The van der Waals surface area contributed by atoms with Gasteiger partial charge in [-0.15, -0.1) is 0 Å². The molecule has 2 saturated carbocycles. The molecule has 0 amide bonds. The van der Waals surface area contributed by atoms with E-state index in [1.807, 2.05) is 0 Å². The van der Waals surface area contributed by atoms with Gasteiger partial charge in [0.2, 0.25) is 0 Å². The summed E-state index contributed by atoms with van der Waals surface area (Å²) in [6.07, 6.45) is 12.4. The van der Waals surface area contributed by atoms with E-state index in [1.54, 1.807) is 0 Å². The summed E-state index contributed by atoms with van der Waals surface area (Å²) in [6, 6.07) is 0. The van der Waals surface area contributed by atoms with E-state index < -0.39 is 0 Å². The maximum atomic E-state index is 10.4. The molecule has 3 aliphatic rings. The van der Waals surface area contributed by atoms with Crippen LogP contribution < -0.4 is 0 Å². The molecular weight excluding hydrogens is 236 g/mol. The van der Waals surface area contributed by atoms with Gasteiger partial charge in [-0.2, -0.15) is 0 Å². The van der Waals surface area contributed by atoms with Crippen LogP contribution in [-0.4, -0.2) is 23.4 Å². The molecular formula is C17H30O2. The van der Waals surface area contributed by atoms with Crippen LogP contribution in [0.2, 0.25) is 0 Å². The van der Waals surface area contributed by atoms with Gasteiger partial charge in [-0.25, -0.2) is 0 Å². The van der Waals surface area contributed by atoms with Crippen molar-refractivity contribution in [1.29, 1.82) is 0 Å². The minimum absolute atomic E-state index is 0.0417. The van der Waals surface area contributed by atoms with Gasteiger partial charge in [0.25, 0.3) is 0 Å². The molecule has 0 bridgehead atoms. The standard InChI is InChI=1S/C17H30O2/c1-13-5-6-16(18)15(11-13)14-7-10-19-17(12-14)8-3-2-4-9-17/h13-16,18H,2-12H2,1H3. The highest BCUT2D eigenvalue weighted by molar-refractivity contribution is 4.94. The molecule has 0 aromatic carbocycles. The highest BCUT2D eigenvalue weighted by Crippen LogP contribution is 2.46. The molecule has 2 nitrogen and oxygen atoms in total. The van der Waals surface area contributed by atoms with E-state index in [2.05, 4.69) is 6.92 Å². The number of aliphatic hydroxyl groups is 1. The molecule has 0 radical (unpaired) electrons. The molecule has 4 atom stereocenters. The smallest absolute Gasteiger partial charge is 0.0685 e. The predicted octanol–water partition coefficient (Wildman–Crippen LogP) is 3.91. The van der Waals surface area contributed by atoms with Crippen molar-refractivity contribution in [2.24, 2.45) is 17.8 Å². The Morgan fingerprint density at radius 1 is 1.05 bits per heavy atom.